The van der Waals surface area contributed by atoms with Crippen LogP contribution in [0.5, 0.6) is 0 Å². The van der Waals surface area contributed by atoms with Crippen LogP contribution in [-0.2, 0) is 6.42 Å². The van der Waals surface area contributed by atoms with Crippen LogP contribution in [0.4, 0.5) is 0 Å². The van der Waals surface area contributed by atoms with Crippen LogP contribution < -0.4 is 10.6 Å². The van der Waals surface area contributed by atoms with Crippen molar-refractivity contribution < 1.29 is 0 Å². The van der Waals surface area contributed by atoms with Crippen LogP contribution in [0, 0.1) is 5.41 Å². The zero-order valence-electron chi connectivity index (χ0n) is 14.7. The fourth-order valence-electron chi connectivity index (χ4n) is 2.48. The summed E-state index contributed by atoms with van der Waals surface area (Å²) in [5.41, 5.74) is 1.86. The molecular formula is C18H30IN3S. The minimum Gasteiger partial charge on any atom is -0.356 e. The van der Waals surface area contributed by atoms with Gasteiger partial charge in [-0.1, -0.05) is 30.3 Å². The summed E-state index contributed by atoms with van der Waals surface area (Å²) in [5, 5.41) is 6.96. The third-order valence-corrected chi connectivity index (χ3v) is 5.72. The second kappa shape index (κ2) is 9.16. The average molecular weight is 447 g/mol. The Labute approximate surface area is 162 Å². The number of rotatable bonds is 7. The van der Waals surface area contributed by atoms with Crippen molar-refractivity contribution in [3.05, 3.63) is 35.9 Å². The van der Waals surface area contributed by atoms with Gasteiger partial charge < -0.3 is 10.6 Å². The van der Waals surface area contributed by atoms with E-state index >= 15 is 0 Å². The van der Waals surface area contributed by atoms with E-state index in [-0.39, 0.29) is 28.7 Å². The predicted octanol–water partition coefficient (Wildman–Crippen LogP) is 3.93. The average Bonchev–Trinajstić information content (AvgIpc) is 3.28. The second-order valence-electron chi connectivity index (χ2n) is 6.91. The molecular weight excluding hydrogens is 417 g/mol. The molecule has 1 fully saturated rings. The summed E-state index contributed by atoms with van der Waals surface area (Å²) in [6.45, 7) is 6.41. The maximum atomic E-state index is 4.35. The Balaban J connectivity index is 0.00000264. The number of aliphatic imine (C=N–C) groups is 1. The molecule has 0 saturated heterocycles. The lowest BCUT2D eigenvalue weighted by Gasteiger charge is -2.25. The summed E-state index contributed by atoms with van der Waals surface area (Å²) in [7, 11) is 1.85. The molecule has 0 unspecified atom stereocenters. The SMILES string of the molecule is CN=C(NCC1(Cc2ccccc2)CC1)NCC(C)(C)SC.I. The number of halogens is 1. The highest BCUT2D eigenvalue weighted by Crippen LogP contribution is 2.47. The Bertz CT molecular complexity index is 498. The van der Waals surface area contributed by atoms with Crippen molar-refractivity contribution in [2.24, 2.45) is 10.4 Å². The van der Waals surface area contributed by atoms with Crippen molar-refractivity contribution >= 4 is 41.7 Å². The number of hydrogen-bond donors (Lipinski definition) is 2. The molecule has 3 nitrogen and oxygen atoms in total. The highest BCUT2D eigenvalue weighted by molar-refractivity contribution is 14.0. The van der Waals surface area contributed by atoms with Gasteiger partial charge in [-0.3, -0.25) is 4.99 Å². The first-order valence-corrected chi connectivity index (χ1v) is 9.25. The van der Waals surface area contributed by atoms with Gasteiger partial charge in [0.05, 0.1) is 0 Å². The van der Waals surface area contributed by atoms with E-state index in [0.717, 1.165) is 25.5 Å². The maximum absolute atomic E-state index is 4.35. The van der Waals surface area contributed by atoms with Gasteiger partial charge in [0.25, 0.3) is 0 Å². The molecule has 23 heavy (non-hydrogen) atoms. The van der Waals surface area contributed by atoms with Crippen molar-refractivity contribution in [2.45, 2.75) is 37.9 Å². The van der Waals surface area contributed by atoms with Gasteiger partial charge in [-0.2, -0.15) is 11.8 Å². The molecule has 5 heteroatoms. The van der Waals surface area contributed by atoms with Crippen LogP contribution in [-0.4, -0.2) is 37.1 Å². The first kappa shape index (κ1) is 20.6. The van der Waals surface area contributed by atoms with Crippen LogP contribution in [0.2, 0.25) is 0 Å². The number of hydrogen-bond acceptors (Lipinski definition) is 2. The molecule has 1 aliphatic carbocycles. The molecule has 0 aromatic heterocycles. The normalized spacial score (nSPS) is 16.4. The Hall–Kier alpha value is -0.430. The van der Waals surface area contributed by atoms with Crippen molar-refractivity contribution in [1.82, 2.24) is 10.6 Å². The minimum absolute atomic E-state index is 0. The standard InChI is InChI=1S/C18H29N3S.HI/c1-17(2,22-4)13-20-16(19-3)21-14-18(10-11-18)12-15-8-6-5-7-9-15;/h5-9H,10-14H2,1-4H3,(H2,19,20,21);1H. The van der Waals surface area contributed by atoms with Crippen molar-refractivity contribution in [3.8, 4) is 0 Å². The lowest BCUT2D eigenvalue weighted by molar-refractivity contribution is 0.491. The molecule has 0 amide bonds. The number of nitrogens with zero attached hydrogens (tertiary/aromatic N) is 1. The first-order valence-electron chi connectivity index (χ1n) is 8.02. The van der Waals surface area contributed by atoms with Gasteiger partial charge in [0.1, 0.15) is 0 Å². The van der Waals surface area contributed by atoms with Crippen LogP contribution in [0.3, 0.4) is 0 Å². The van der Waals surface area contributed by atoms with Crippen LogP contribution in [0.1, 0.15) is 32.3 Å². The molecule has 0 aliphatic heterocycles. The van der Waals surface area contributed by atoms with E-state index in [1.807, 2.05) is 18.8 Å². The number of thioether (sulfide) groups is 1. The minimum atomic E-state index is 0. The Kier molecular flexibility index (Phi) is 8.21. The van der Waals surface area contributed by atoms with E-state index in [1.54, 1.807) is 0 Å². The summed E-state index contributed by atoms with van der Waals surface area (Å²) < 4.78 is 0.221. The van der Waals surface area contributed by atoms with E-state index in [2.05, 4.69) is 66.1 Å². The molecule has 0 bridgehead atoms. The molecule has 1 aromatic rings. The lowest BCUT2D eigenvalue weighted by atomic mass is 9.96. The third kappa shape index (κ3) is 6.91. The van der Waals surface area contributed by atoms with Gasteiger partial charge in [0.2, 0.25) is 0 Å². The van der Waals surface area contributed by atoms with Gasteiger partial charge in [0, 0.05) is 24.9 Å². The van der Waals surface area contributed by atoms with Gasteiger partial charge in [-0.25, -0.2) is 0 Å². The van der Waals surface area contributed by atoms with E-state index < -0.39 is 0 Å². The molecule has 1 aliphatic rings. The molecule has 2 N–H and O–H groups in total. The molecule has 130 valence electrons. The second-order valence-corrected chi connectivity index (χ2v) is 8.42. The number of nitrogens with one attached hydrogen (secondary N) is 2. The molecule has 0 heterocycles. The van der Waals surface area contributed by atoms with Gasteiger partial charge >= 0.3 is 0 Å². The Morgan fingerprint density at radius 2 is 1.87 bits per heavy atom. The molecule has 1 saturated carbocycles. The van der Waals surface area contributed by atoms with Gasteiger partial charge in [-0.15, -0.1) is 24.0 Å². The van der Waals surface area contributed by atoms with E-state index in [1.165, 1.54) is 18.4 Å². The Morgan fingerprint density at radius 3 is 2.39 bits per heavy atom. The highest BCUT2D eigenvalue weighted by atomic mass is 127. The number of guanidine groups is 1. The van der Waals surface area contributed by atoms with E-state index in [9.17, 15) is 0 Å². The molecule has 0 spiro atoms. The quantitative estimate of drug-likeness (QED) is 0.378. The summed E-state index contributed by atoms with van der Waals surface area (Å²) in [6, 6.07) is 10.8. The third-order valence-electron chi connectivity index (χ3n) is 4.47. The zero-order chi connectivity index (χ0) is 16.1. The molecule has 0 radical (unpaired) electrons. The van der Waals surface area contributed by atoms with Gasteiger partial charge in [-0.05, 0) is 50.3 Å². The van der Waals surface area contributed by atoms with Crippen LogP contribution >= 0.6 is 35.7 Å². The fraction of sp³-hybridized carbons (Fsp3) is 0.611. The van der Waals surface area contributed by atoms with Crippen molar-refractivity contribution in [1.29, 1.82) is 0 Å². The fourth-order valence-corrected chi connectivity index (χ4v) is 2.70. The molecule has 1 aromatic carbocycles. The van der Waals surface area contributed by atoms with E-state index in [0.29, 0.717) is 5.41 Å². The predicted molar refractivity (Wildman–Crippen MR) is 114 cm³/mol. The van der Waals surface area contributed by atoms with E-state index in [4.69, 9.17) is 0 Å². The summed E-state index contributed by atoms with van der Waals surface area (Å²) in [4.78, 5) is 4.35. The lowest BCUT2D eigenvalue weighted by Crippen LogP contribution is -2.45. The first-order chi connectivity index (χ1) is 10.5. The van der Waals surface area contributed by atoms with Crippen LogP contribution in [0.15, 0.2) is 35.3 Å². The van der Waals surface area contributed by atoms with Crippen molar-refractivity contribution in [3.63, 3.8) is 0 Å². The summed E-state index contributed by atoms with van der Waals surface area (Å²) >= 11 is 1.87. The smallest absolute Gasteiger partial charge is 0.191 e. The monoisotopic (exact) mass is 447 g/mol. The van der Waals surface area contributed by atoms with Crippen molar-refractivity contribution in [2.75, 3.05) is 26.4 Å². The van der Waals surface area contributed by atoms with Crippen LogP contribution in [0.25, 0.3) is 0 Å². The number of benzene rings is 1. The topological polar surface area (TPSA) is 36.4 Å². The highest BCUT2D eigenvalue weighted by Gasteiger charge is 2.42. The maximum Gasteiger partial charge on any atom is 0.191 e. The van der Waals surface area contributed by atoms with Gasteiger partial charge in [0.15, 0.2) is 5.96 Å². The summed E-state index contributed by atoms with van der Waals surface area (Å²) in [5.74, 6) is 0.918. The Morgan fingerprint density at radius 1 is 1.22 bits per heavy atom. The molecule has 0 atom stereocenters. The summed E-state index contributed by atoms with van der Waals surface area (Å²) in [6.07, 6.45) is 5.93. The largest absolute Gasteiger partial charge is 0.356 e. The zero-order valence-corrected chi connectivity index (χ0v) is 17.8. The molecule has 2 rings (SSSR count).